The van der Waals surface area contributed by atoms with E-state index in [2.05, 4.69) is 15.2 Å². The Kier molecular flexibility index (Phi) is 6.45. The maximum absolute atomic E-state index is 12.3. The molecule has 5 nitrogen and oxygen atoms in total. The average Bonchev–Trinajstić information content (AvgIpc) is 3.46. The van der Waals surface area contributed by atoms with Gasteiger partial charge in [0.25, 0.3) is 11.6 Å². The van der Waals surface area contributed by atoms with E-state index in [4.69, 9.17) is 4.74 Å². The third-order valence-electron chi connectivity index (χ3n) is 6.11. The number of hydrogen-bond donors (Lipinski definition) is 1. The highest BCUT2D eigenvalue weighted by atomic mass is 32.1. The average molecular weight is 414 g/mol. The molecule has 8 heteroatoms. The summed E-state index contributed by atoms with van der Waals surface area (Å²) in [5.74, 6) is 1.30. The number of rotatable bonds is 8. The lowest BCUT2D eigenvalue weighted by Gasteiger charge is -2.32. The van der Waals surface area contributed by atoms with Crippen LogP contribution in [-0.2, 0) is 17.8 Å². The molecule has 2 fully saturated rings. The molecule has 0 atom stereocenters. The quantitative estimate of drug-likeness (QED) is 0.707. The van der Waals surface area contributed by atoms with Crippen molar-refractivity contribution in [1.82, 2.24) is 15.2 Å². The third-order valence-corrected chi connectivity index (χ3v) is 7.18. The first-order chi connectivity index (χ1) is 13.6. The minimum atomic E-state index is -2.46. The topological polar surface area (TPSA) is 54.5 Å². The number of amides is 1. The monoisotopic (exact) mass is 413 g/mol. The lowest BCUT2D eigenvalue weighted by Crippen LogP contribution is -2.39. The van der Waals surface area contributed by atoms with E-state index in [9.17, 15) is 13.6 Å². The van der Waals surface area contributed by atoms with E-state index in [1.807, 2.05) is 0 Å². The van der Waals surface area contributed by atoms with E-state index in [0.717, 1.165) is 63.4 Å². The number of aromatic nitrogens is 1. The molecule has 0 radical (unpaired) electrons. The zero-order valence-electron chi connectivity index (χ0n) is 16.2. The fourth-order valence-corrected chi connectivity index (χ4v) is 5.16. The van der Waals surface area contributed by atoms with Crippen LogP contribution in [0.3, 0.4) is 0 Å². The van der Waals surface area contributed by atoms with E-state index in [0.29, 0.717) is 17.2 Å². The molecule has 0 spiro atoms. The second-order valence-electron chi connectivity index (χ2n) is 8.37. The van der Waals surface area contributed by atoms with Gasteiger partial charge in [0.05, 0.1) is 5.69 Å². The Labute approximate surface area is 168 Å². The van der Waals surface area contributed by atoms with Crippen molar-refractivity contribution in [2.24, 2.45) is 11.8 Å². The smallest absolute Gasteiger partial charge is 0.273 e. The maximum Gasteiger partial charge on any atom is 0.273 e. The van der Waals surface area contributed by atoms with Gasteiger partial charge in [-0.3, -0.25) is 9.69 Å². The lowest BCUT2D eigenvalue weighted by atomic mass is 9.84. The number of nitrogens with zero attached hydrogens (tertiary/aromatic N) is 2. The van der Waals surface area contributed by atoms with Crippen molar-refractivity contribution < 1.29 is 18.3 Å². The summed E-state index contributed by atoms with van der Waals surface area (Å²) in [6.07, 6.45) is 6.36. The summed E-state index contributed by atoms with van der Waals surface area (Å²) in [5, 5.41) is 3.60. The van der Waals surface area contributed by atoms with Crippen LogP contribution in [-0.4, -0.2) is 48.0 Å². The first-order valence-electron chi connectivity index (χ1n) is 10.5. The normalized spacial score (nSPS) is 25.5. The van der Waals surface area contributed by atoms with E-state index in [-0.39, 0.29) is 5.91 Å². The molecule has 0 bridgehead atoms. The number of hydrogen-bond acceptors (Lipinski definition) is 5. The molecule has 4 rings (SSSR count). The predicted octanol–water partition coefficient (Wildman–Crippen LogP) is 3.62. The highest BCUT2D eigenvalue weighted by Gasteiger charge is 2.32. The summed E-state index contributed by atoms with van der Waals surface area (Å²) < 4.78 is 29.7. The minimum absolute atomic E-state index is 0.271. The highest BCUT2D eigenvalue weighted by molar-refractivity contribution is 7.13. The Morgan fingerprint density at radius 2 is 2.04 bits per heavy atom. The van der Waals surface area contributed by atoms with Crippen molar-refractivity contribution >= 4 is 17.2 Å². The van der Waals surface area contributed by atoms with Gasteiger partial charge in [-0.25, -0.2) is 13.8 Å². The van der Waals surface area contributed by atoms with Crippen LogP contribution in [0.4, 0.5) is 8.78 Å². The number of thiazole rings is 1. The zero-order valence-corrected chi connectivity index (χ0v) is 17.0. The van der Waals surface area contributed by atoms with E-state index < -0.39 is 13.0 Å². The van der Waals surface area contributed by atoms with Gasteiger partial charge in [-0.2, -0.15) is 0 Å². The third kappa shape index (κ3) is 5.41. The number of carbonyl (C=O) groups excluding carboxylic acids is 1. The van der Waals surface area contributed by atoms with E-state index in [1.54, 1.807) is 0 Å². The number of alkyl halides is 2. The van der Waals surface area contributed by atoms with Gasteiger partial charge in [0, 0.05) is 29.9 Å². The number of nitrogens with one attached hydrogen (secondary N) is 1. The second kappa shape index (κ2) is 9.03. The standard InChI is InChI=1S/C20H29F2N3O2S/c21-18(22)12-27-20-24-16-11-25(10-8-17(16)28-20)9-7-13-1-5-15(6-2-13)23-19(26)14-3-4-14/h13-15,18H,1-12H2,(H,23,26). The first kappa shape index (κ1) is 20.0. The van der Waals surface area contributed by atoms with Crippen molar-refractivity contribution in [3.05, 3.63) is 10.6 Å². The fourth-order valence-electron chi connectivity index (χ4n) is 4.24. The molecule has 3 aliphatic rings. The Morgan fingerprint density at radius 1 is 1.25 bits per heavy atom. The van der Waals surface area contributed by atoms with Gasteiger partial charge >= 0.3 is 0 Å². The molecule has 2 aliphatic carbocycles. The molecular weight excluding hydrogens is 384 g/mol. The molecule has 2 heterocycles. The van der Waals surface area contributed by atoms with Crippen LogP contribution in [0, 0.1) is 11.8 Å². The van der Waals surface area contributed by atoms with Gasteiger partial charge in [-0.05, 0) is 63.8 Å². The van der Waals surface area contributed by atoms with Crippen molar-refractivity contribution in [1.29, 1.82) is 0 Å². The molecule has 0 aromatic carbocycles. The van der Waals surface area contributed by atoms with Crippen LogP contribution in [0.15, 0.2) is 0 Å². The van der Waals surface area contributed by atoms with Gasteiger partial charge in [0.1, 0.15) is 0 Å². The number of fused-ring (bicyclic) bond motifs is 1. The summed E-state index contributed by atoms with van der Waals surface area (Å²) in [5.41, 5.74) is 0.993. The van der Waals surface area contributed by atoms with Crippen LogP contribution in [0.25, 0.3) is 0 Å². The summed E-state index contributed by atoms with van der Waals surface area (Å²) in [6.45, 7) is 2.25. The van der Waals surface area contributed by atoms with E-state index >= 15 is 0 Å². The molecule has 1 aliphatic heterocycles. The largest absolute Gasteiger partial charge is 0.464 e. The molecule has 1 aromatic heterocycles. The van der Waals surface area contributed by atoms with Crippen LogP contribution in [0.5, 0.6) is 5.19 Å². The number of carbonyl (C=O) groups is 1. The molecule has 1 aromatic rings. The molecule has 0 unspecified atom stereocenters. The summed E-state index contributed by atoms with van der Waals surface area (Å²) in [7, 11) is 0. The molecular formula is C20H29F2N3O2S. The van der Waals surface area contributed by atoms with Crippen LogP contribution in [0.2, 0.25) is 0 Å². The number of ether oxygens (including phenoxy) is 1. The Balaban J connectivity index is 1.17. The SMILES string of the molecule is O=C(NC1CCC(CCN2CCc3sc(OCC(F)F)nc3C2)CC1)C1CC1. The van der Waals surface area contributed by atoms with E-state index in [1.165, 1.54) is 35.5 Å². The second-order valence-corrected chi connectivity index (χ2v) is 9.41. The van der Waals surface area contributed by atoms with Gasteiger partial charge in [0.15, 0.2) is 6.61 Å². The zero-order chi connectivity index (χ0) is 19.5. The van der Waals surface area contributed by atoms with Crippen LogP contribution < -0.4 is 10.1 Å². The Hall–Kier alpha value is -1.28. The van der Waals surface area contributed by atoms with Crippen molar-refractivity contribution in [2.45, 2.75) is 70.4 Å². The minimum Gasteiger partial charge on any atom is -0.464 e. The first-order valence-corrected chi connectivity index (χ1v) is 11.3. The molecule has 2 saturated carbocycles. The Morgan fingerprint density at radius 3 is 2.75 bits per heavy atom. The molecule has 0 saturated heterocycles. The van der Waals surface area contributed by atoms with Crippen LogP contribution in [0.1, 0.15) is 55.5 Å². The maximum atomic E-state index is 12.3. The van der Waals surface area contributed by atoms with Gasteiger partial charge in [0.2, 0.25) is 5.91 Å². The molecule has 1 amide bonds. The summed E-state index contributed by atoms with van der Waals surface area (Å²) in [4.78, 5) is 19.9. The van der Waals surface area contributed by atoms with Crippen molar-refractivity contribution in [2.75, 3.05) is 19.7 Å². The molecule has 1 N–H and O–H groups in total. The summed E-state index contributed by atoms with van der Waals surface area (Å²) >= 11 is 1.41. The fraction of sp³-hybridized carbons (Fsp3) is 0.800. The van der Waals surface area contributed by atoms with Crippen molar-refractivity contribution in [3.63, 3.8) is 0 Å². The molecule has 156 valence electrons. The molecule has 28 heavy (non-hydrogen) atoms. The summed E-state index contributed by atoms with van der Waals surface area (Å²) in [6, 6.07) is 0.378. The predicted molar refractivity (Wildman–Crippen MR) is 104 cm³/mol. The number of halogens is 2. The highest BCUT2D eigenvalue weighted by Crippen LogP contribution is 2.33. The van der Waals surface area contributed by atoms with Gasteiger partial charge < -0.3 is 10.1 Å². The van der Waals surface area contributed by atoms with Crippen LogP contribution >= 0.6 is 11.3 Å². The van der Waals surface area contributed by atoms with Gasteiger partial charge in [-0.1, -0.05) is 11.3 Å². The Bertz CT molecular complexity index is 672. The lowest BCUT2D eigenvalue weighted by molar-refractivity contribution is -0.123. The van der Waals surface area contributed by atoms with Gasteiger partial charge in [-0.15, -0.1) is 0 Å². The van der Waals surface area contributed by atoms with Crippen molar-refractivity contribution in [3.8, 4) is 5.19 Å².